The maximum Gasteiger partial charge on any atom is 0.490 e. The molecule has 2 atom stereocenters. The van der Waals surface area contributed by atoms with Gasteiger partial charge < -0.3 is 10.2 Å². The van der Waals surface area contributed by atoms with Crippen molar-refractivity contribution in [1.82, 2.24) is 19.8 Å². The van der Waals surface area contributed by atoms with E-state index in [1.807, 2.05) is 12.3 Å². The molecular weight excluding hydrogens is 518 g/mol. The quantitative estimate of drug-likeness (QED) is 0.564. The summed E-state index contributed by atoms with van der Waals surface area (Å²) in [5.41, 5.74) is 2.44. The van der Waals surface area contributed by atoms with E-state index < -0.39 is 24.3 Å². The number of carboxylic acid groups (broad SMARTS) is 2. The van der Waals surface area contributed by atoms with Crippen LogP contribution in [0.25, 0.3) is 0 Å². The van der Waals surface area contributed by atoms with Crippen molar-refractivity contribution >= 4 is 23.3 Å². The van der Waals surface area contributed by atoms with Gasteiger partial charge in [0.15, 0.2) is 0 Å². The number of likely N-dealkylation sites (tertiary alicyclic amines) is 2. The number of hydrogen-bond donors (Lipinski definition) is 2. The summed E-state index contributed by atoms with van der Waals surface area (Å²) >= 11 is 1.76. The topological polar surface area (TPSA) is 107 Å². The number of nitrogens with zero attached hydrogens (tertiary/aromatic N) is 4. The lowest BCUT2D eigenvalue weighted by Crippen LogP contribution is -2.28. The standard InChI is InChI=1S/C17H22N4S.2C2HF3O2/c1-13-19-17(12-22-13)11-21-8-14-6-20(7-15(14)9-21)10-16-4-2-3-5-18-16;2*3-2(4,5)1(6)7/h2-5,12,14-15H,6-11H2,1H3;2*(H,6,7). The van der Waals surface area contributed by atoms with Crippen LogP contribution in [0, 0.1) is 18.8 Å². The SMILES string of the molecule is Cc1nc(CN2CC3CN(Cc4ccccn4)CC3C2)cs1.O=C(O)C(F)(F)F.O=C(O)C(F)(F)F. The minimum Gasteiger partial charge on any atom is -0.475 e. The largest absolute Gasteiger partial charge is 0.490 e. The van der Waals surface area contributed by atoms with Crippen LogP contribution < -0.4 is 0 Å². The zero-order valence-corrected chi connectivity index (χ0v) is 19.8. The summed E-state index contributed by atoms with van der Waals surface area (Å²) < 4.78 is 63.5. The molecule has 2 aromatic heterocycles. The van der Waals surface area contributed by atoms with Crippen molar-refractivity contribution in [3.63, 3.8) is 0 Å². The monoisotopic (exact) mass is 542 g/mol. The van der Waals surface area contributed by atoms with E-state index in [0.29, 0.717) is 0 Å². The van der Waals surface area contributed by atoms with E-state index in [1.165, 1.54) is 42.6 Å². The third kappa shape index (κ3) is 9.70. The summed E-state index contributed by atoms with van der Waals surface area (Å²) in [6.45, 7) is 8.99. The van der Waals surface area contributed by atoms with Crippen LogP contribution >= 0.6 is 11.3 Å². The summed E-state index contributed by atoms with van der Waals surface area (Å²) in [6, 6.07) is 6.20. The van der Waals surface area contributed by atoms with Crippen LogP contribution in [0.15, 0.2) is 29.8 Å². The van der Waals surface area contributed by atoms with E-state index in [0.717, 1.165) is 24.9 Å². The van der Waals surface area contributed by atoms with Gasteiger partial charge in [0.2, 0.25) is 0 Å². The summed E-state index contributed by atoms with van der Waals surface area (Å²) in [6.07, 6.45) is -8.27. The van der Waals surface area contributed by atoms with Crippen LogP contribution in [0.4, 0.5) is 26.3 Å². The highest BCUT2D eigenvalue weighted by atomic mass is 32.1. The Bertz CT molecular complexity index is 964. The maximum atomic E-state index is 10.6. The third-order valence-electron chi connectivity index (χ3n) is 5.29. The molecule has 0 bridgehead atoms. The molecule has 200 valence electrons. The first-order chi connectivity index (χ1) is 16.6. The zero-order chi connectivity index (χ0) is 27.1. The molecule has 2 aromatic rings. The van der Waals surface area contributed by atoms with Gasteiger partial charge in [-0.2, -0.15) is 26.3 Å². The van der Waals surface area contributed by atoms with Gasteiger partial charge in [-0.3, -0.25) is 14.8 Å². The highest BCUT2D eigenvalue weighted by Gasteiger charge is 2.40. The van der Waals surface area contributed by atoms with Crippen LogP contribution in [0.2, 0.25) is 0 Å². The average molecular weight is 543 g/mol. The van der Waals surface area contributed by atoms with Gasteiger partial charge in [-0.1, -0.05) is 6.07 Å². The highest BCUT2D eigenvalue weighted by Crippen LogP contribution is 2.32. The summed E-state index contributed by atoms with van der Waals surface area (Å²) in [7, 11) is 0. The molecule has 2 saturated heterocycles. The number of aryl methyl sites for hydroxylation is 1. The third-order valence-corrected chi connectivity index (χ3v) is 6.11. The Morgan fingerprint density at radius 2 is 1.36 bits per heavy atom. The molecule has 4 rings (SSSR count). The number of carboxylic acids is 2. The van der Waals surface area contributed by atoms with Gasteiger partial charge in [-0.05, 0) is 30.9 Å². The molecular formula is C21H24F6N4O4S. The van der Waals surface area contributed by atoms with Gasteiger partial charge in [-0.25, -0.2) is 14.6 Å². The fourth-order valence-electron chi connectivity index (χ4n) is 3.88. The van der Waals surface area contributed by atoms with Crippen molar-refractivity contribution in [2.75, 3.05) is 26.2 Å². The molecule has 0 aromatic carbocycles. The predicted molar refractivity (Wildman–Crippen MR) is 116 cm³/mol. The fraction of sp³-hybridized carbons (Fsp3) is 0.524. The second kappa shape index (κ2) is 12.5. The van der Waals surface area contributed by atoms with E-state index in [9.17, 15) is 26.3 Å². The molecule has 2 N–H and O–H groups in total. The van der Waals surface area contributed by atoms with Gasteiger partial charge in [0, 0.05) is 50.8 Å². The van der Waals surface area contributed by atoms with E-state index >= 15 is 0 Å². The Morgan fingerprint density at radius 1 is 0.917 bits per heavy atom. The first kappa shape index (κ1) is 29.5. The number of thiazole rings is 1. The van der Waals surface area contributed by atoms with Crippen molar-refractivity contribution in [3.05, 3.63) is 46.2 Å². The molecule has 15 heteroatoms. The predicted octanol–water partition coefficient (Wildman–Crippen LogP) is 3.68. The van der Waals surface area contributed by atoms with Crippen molar-refractivity contribution in [2.45, 2.75) is 32.4 Å². The van der Waals surface area contributed by atoms with Gasteiger partial charge in [-0.15, -0.1) is 11.3 Å². The Morgan fingerprint density at radius 3 is 1.69 bits per heavy atom. The lowest BCUT2D eigenvalue weighted by Gasteiger charge is -2.20. The van der Waals surface area contributed by atoms with E-state index in [1.54, 1.807) is 11.3 Å². The highest BCUT2D eigenvalue weighted by molar-refractivity contribution is 7.09. The molecule has 36 heavy (non-hydrogen) atoms. The van der Waals surface area contributed by atoms with Crippen molar-refractivity contribution < 1.29 is 46.1 Å². The molecule has 0 amide bonds. The van der Waals surface area contributed by atoms with Crippen LogP contribution in [0.5, 0.6) is 0 Å². The number of carbonyl (C=O) groups is 2. The number of hydrogen-bond acceptors (Lipinski definition) is 7. The van der Waals surface area contributed by atoms with Crippen LogP contribution in [-0.2, 0) is 22.7 Å². The molecule has 2 fully saturated rings. The molecule has 2 aliphatic heterocycles. The number of halogens is 6. The van der Waals surface area contributed by atoms with Crippen LogP contribution in [0.1, 0.15) is 16.4 Å². The Balaban J connectivity index is 0.000000271. The smallest absolute Gasteiger partial charge is 0.475 e. The minimum atomic E-state index is -5.08. The molecule has 0 spiro atoms. The van der Waals surface area contributed by atoms with Crippen molar-refractivity contribution in [3.8, 4) is 0 Å². The molecule has 0 radical (unpaired) electrons. The second-order valence-corrected chi connectivity index (χ2v) is 9.26. The zero-order valence-electron chi connectivity index (χ0n) is 19.0. The lowest BCUT2D eigenvalue weighted by molar-refractivity contribution is -0.193. The molecule has 0 aliphatic carbocycles. The van der Waals surface area contributed by atoms with E-state index in [2.05, 4.69) is 44.2 Å². The summed E-state index contributed by atoms with van der Waals surface area (Å²) in [4.78, 5) is 32.0. The van der Waals surface area contributed by atoms with Crippen LogP contribution in [0.3, 0.4) is 0 Å². The molecule has 4 heterocycles. The second-order valence-electron chi connectivity index (χ2n) is 8.19. The molecule has 2 aliphatic rings. The number of rotatable bonds is 4. The van der Waals surface area contributed by atoms with Gasteiger partial charge in [0.05, 0.1) is 16.4 Å². The van der Waals surface area contributed by atoms with Gasteiger partial charge >= 0.3 is 24.3 Å². The Kier molecular flexibility index (Phi) is 10.2. The lowest BCUT2D eigenvalue weighted by atomic mass is 10.0. The van der Waals surface area contributed by atoms with E-state index in [4.69, 9.17) is 19.8 Å². The number of aromatic nitrogens is 2. The van der Waals surface area contributed by atoms with Crippen molar-refractivity contribution in [1.29, 1.82) is 0 Å². The molecule has 0 saturated carbocycles. The number of aliphatic carboxylic acids is 2. The summed E-state index contributed by atoms with van der Waals surface area (Å²) in [5.74, 6) is -3.87. The number of alkyl halides is 6. The Hall–Kier alpha value is -2.78. The average Bonchev–Trinajstić information content (AvgIpc) is 3.43. The van der Waals surface area contributed by atoms with Crippen molar-refractivity contribution in [2.24, 2.45) is 11.8 Å². The van der Waals surface area contributed by atoms with Gasteiger partial charge in [0.1, 0.15) is 0 Å². The van der Waals surface area contributed by atoms with E-state index in [-0.39, 0.29) is 0 Å². The molecule has 8 nitrogen and oxygen atoms in total. The maximum absolute atomic E-state index is 10.6. The Labute approximate surface area is 206 Å². The van der Waals surface area contributed by atoms with Gasteiger partial charge in [0.25, 0.3) is 0 Å². The first-order valence-corrected chi connectivity index (χ1v) is 11.4. The number of pyridine rings is 1. The minimum absolute atomic E-state index is 0.823. The number of fused-ring (bicyclic) bond motifs is 1. The summed E-state index contributed by atoms with van der Waals surface area (Å²) in [5, 5.41) is 17.6. The first-order valence-electron chi connectivity index (χ1n) is 10.5. The normalized spacial score (nSPS) is 20.1. The fourth-order valence-corrected chi connectivity index (χ4v) is 4.48. The molecule has 2 unspecified atom stereocenters. The van der Waals surface area contributed by atoms with Crippen LogP contribution in [-0.4, -0.2) is 80.5 Å².